The highest BCUT2D eigenvalue weighted by atomic mass is 19.3. The molecule has 1 saturated carbocycles. The molecule has 0 bridgehead atoms. The van der Waals surface area contributed by atoms with Crippen molar-refractivity contribution in [1.29, 1.82) is 0 Å². The molecule has 0 amide bonds. The SMILES string of the molecule is Cc1nc2nc([C@@H]3CCO[C@@H](c4cnn(C)c4)C3)nc(C3CCC(F)(F)CC3)c2nc1C. The summed E-state index contributed by atoms with van der Waals surface area (Å²) in [7, 11) is 1.89. The van der Waals surface area contributed by atoms with Crippen LogP contribution in [0.1, 0.15) is 84.9 Å². The van der Waals surface area contributed by atoms with E-state index >= 15 is 0 Å². The van der Waals surface area contributed by atoms with Crippen molar-refractivity contribution in [3.05, 3.63) is 40.9 Å². The second-order valence-corrected chi connectivity index (χ2v) is 9.19. The van der Waals surface area contributed by atoms with Gasteiger partial charge in [-0.2, -0.15) is 5.10 Å². The molecule has 2 atom stereocenters. The quantitative estimate of drug-likeness (QED) is 0.585. The van der Waals surface area contributed by atoms with Crippen molar-refractivity contribution >= 4 is 11.2 Å². The summed E-state index contributed by atoms with van der Waals surface area (Å²) >= 11 is 0. The predicted octanol–water partition coefficient (Wildman–Crippen LogP) is 4.70. The molecule has 0 spiro atoms. The van der Waals surface area contributed by atoms with Crippen molar-refractivity contribution < 1.29 is 13.5 Å². The lowest BCUT2D eigenvalue weighted by molar-refractivity contribution is -0.0384. The van der Waals surface area contributed by atoms with Crippen LogP contribution in [0, 0.1) is 13.8 Å². The number of alkyl halides is 2. The van der Waals surface area contributed by atoms with Crippen molar-refractivity contribution in [3.63, 3.8) is 0 Å². The van der Waals surface area contributed by atoms with E-state index in [0.29, 0.717) is 30.6 Å². The van der Waals surface area contributed by atoms with Crippen LogP contribution in [-0.2, 0) is 11.8 Å². The van der Waals surface area contributed by atoms with Gasteiger partial charge in [0.15, 0.2) is 5.65 Å². The molecular weight excluding hydrogens is 414 g/mol. The van der Waals surface area contributed by atoms with Crippen LogP contribution >= 0.6 is 0 Å². The number of ether oxygens (including phenoxy) is 1. The average molecular weight is 443 g/mol. The van der Waals surface area contributed by atoms with Crippen LogP contribution in [0.4, 0.5) is 8.78 Å². The minimum absolute atomic E-state index is 0.0516. The van der Waals surface area contributed by atoms with Gasteiger partial charge in [0, 0.05) is 50.1 Å². The standard InChI is InChI=1S/C23H28F2N6O/c1-13-14(2)28-22-20(27-13)19(15-4-7-23(24,25)8-5-15)29-21(30-22)16-6-9-32-18(10-16)17-11-26-31(3)12-17/h11-12,15-16,18H,4-10H2,1-3H3/t16-,18-/m1/s1. The van der Waals surface area contributed by atoms with E-state index in [1.54, 1.807) is 4.68 Å². The molecule has 0 aromatic carbocycles. The van der Waals surface area contributed by atoms with Gasteiger partial charge in [0.1, 0.15) is 11.3 Å². The fraction of sp³-hybridized carbons (Fsp3) is 0.609. The van der Waals surface area contributed by atoms with Gasteiger partial charge in [0.25, 0.3) is 0 Å². The lowest BCUT2D eigenvalue weighted by atomic mass is 9.84. The van der Waals surface area contributed by atoms with Crippen molar-refractivity contribution in [2.45, 2.75) is 76.2 Å². The number of aromatic nitrogens is 6. The van der Waals surface area contributed by atoms with Crippen LogP contribution in [0.25, 0.3) is 11.2 Å². The van der Waals surface area contributed by atoms with Crippen LogP contribution in [0.5, 0.6) is 0 Å². The van der Waals surface area contributed by atoms with E-state index in [9.17, 15) is 8.78 Å². The molecule has 1 aliphatic carbocycles. The van der Waals surface area contributed by atoms with Gasteiger partial charge in [0.05, 0.1) is 29.4 Å². The Morgan fingerprint density at radius 3 is 2.47 bits per heavy atom. The third-order valence-electron chi connectivity index (χ3n) is 6.84. The summed E-state index contributed by atoms with van der Waals surface area (Å²) in [4.78, 5) is 19.2. The average Bonchev–Trinajstić information content (AvgIpc) is 3.21. The molecule has 32 heavy (non-hydrogen) atoms. The molecule has 3 aromatic rings. The summed E-state index contributed by atoms with van der Waals surface area (Å²) in [5.41, 5.74) is 4.68. The molecule has 0 unspecified atom stereocenters. The van der Waals surface area contributed by atoms with Crippen LogP contribution < -0.4 is 0 Å². The maximum Gasteiger partial charge on any atom is 0.248 e. The molecule has 170 valence electrons. The lowest BCUT2D eigenvalue weighted by Crippen LogP contribution is -2.25. The second-order valence-electron chi connectivity index (χ2n) is 9.19. The Morgan fingerprint density at radius 2 is 1.75 bits per heavy atom. The first-order chi connectivity index (χ1) is 15.3. The van der Waals surface area contributed by atoms with E-state index in [1.165, 1.54) is 0 Å². The maximum atomic E-state index is 13.8. The highest BCUT2D eigenvalue weighted by Crippen LogP contribution is 2.43. The lowest BCUT2D eigenvalue weighted by Gasteiger charge is -2.30. The molecule has 0 radical (unpaired) electrons. The molecule has 3 aromatic heterocycles. The van der Waals surface area contributed by atoms with Gasteiger partial charge in [0.2, 0.25) is 5.92 Å². The Balaban J connectivity index is 1.52. The number of halogens is 2. The molecule has 9 heteroatoms. The minimum Gasteiger partial charge on any atom is -0.373 e. The zero-order chi connectivity index (χ0) is 22.5. The summed E-state index contributed by atoms with van der Waals surface area (Å²) in [6.45, 7) is 4.43. The van der Waals surface area contributed by atoms with Crippen LogP contribution in [0.2, 0.25) is 0 Å². The van der Waals surface area contributed by atoms with Gasteiger partial charge >= 0.3 is 0 Å². The van der Waals surface area contributed by atoms with E-state index < -0.39 is 5.92 Å². The molecular formula is C23H28F2N6O. The number of fused-ring (bicyclic) bond motifs is 1. The van der Waals surface area contributed by atoms with Crippen molar-refractivity contribution in [2.75, 3.05) is 6.61 Å². The fourth-order valence-corrected chi connectivity index (χ4v) is 4.80. The van der Waals surface area contributed by atoms with Crippen molar-refractivity contribution in [1.82, 2.24) is 29.7 Å². The van der Waals surface area contributed by atoms with Crippen molar-refractivity contribution in [2.24, 2.45) is 7.05 Å². The van der Waals surface area contributed by atoms with Gasteiger partial charge in [-0.3, -0.25) is 4.68 Å². The smallest absolute Gasteiger partial charge is 0.248 e. The number of aryl methyl sites for hydroxylation is 3. The Bertz CT molecular complexity index is 1140. The zero-order valence-corrected chi connectivity index (χ0v) is 18.7. The third-order valence-corrected chi connectivity index (χ3v) is 6.84. The zero-order valence-electron chi connectivity index (χ0n) is 18.7. The molecule has 1 saturated heterocycles. The van der Waals surface area contributed by atoms with E-state index in [4.69, 9.17) is 19.7 Å². The normalized spacial score (nSPS) is 24.2. The maximum absolute atomic E-state index is 13.8. The number of hydrogen-bond donors (Lipinski definition) is 0. The van der Waals surface area contributed by atoms with Crippen molar-refractivity contribution in [3.8, 4) is 0 Å². The molecule has 0 N–H and O–H groups in total. The Morgan fingerprint density at radius 1 is 1.00 bits per heavy atom. The first-order valence-corrected chi connectivity index (χ1v) is 11.3. The number of hydrogen-bond acceptors (Lipinski definition) is 6. The molecule has 5 rings (SSSR count). The Hall–Kier alpha value is -2.55. The van der Waals surface area contributed by atoms with E-state index in [-0.39, 0.29) is 30.8 Å². The van der Waals surface area contributed by atoms with Gasteiger partial charge < -0.3 is 4.74 Å². The van der Waals surface area contributed by atoms with Gasteiger partial charge in [-0.15, -0.1) is 0 Å². The second kappa shape index (κ2) is 8.10. The highest BCUT2D eigenvalue weighted by molar-refractivity contribution is 5.73. The molecule has 7 nitrogen and oxygen atoms in total. The first-order valence-electron chi connectivity index (χ1n) is 11.3. The predicted molar refractivity (Wildman–Crippen MR) is 115 cm³/mol. The fourth-order valence-electron chi connectivity index (χ4n) is 4.80. The Labute approximate surface area is 185 Å². The third kappa shape index (κ3) is 4.10. The molecule has 4 heterocycles. The van der Waals surface area contributed by atoms with E-state index in [1.807, 2.05) is 33.3 Å². The summed E-state index contributed by atoms with van der Waals surface area (Å²) in [5.74, 6) is -1.81. The number of rotatable bonds is 3. The molecule has 2 aliphatic rings. The van der Waals surface area contributed by atoms with E-state index in [0.717, 1.165) is 41.3 Å². The molecule has 2 fully saturated rings. The largest absolute Gasteiger partial charge is 0.373 e. The summed E-state index contributed by atoms with van der Waals surface area (Å²) in [5, 5.41) is 4.26. The first kappa shape index (κ1) is 21.3. The van der Waals surface area contributed by atoms with Crippen LogP contribution in [-0.4, -0.2) is 42.2 Å². The van der Waals surface area contributed by atoms with Gasteiger partial charge in [-0.1, -0.05) is 0 Å². The number of nitrogens with zero attached hydrogens (tertiary/aromatic N) is 6. The summed E-state index contributed by atoms with van der Waals surface area (Å²) < 4.78 is 35.4. The molecule has 1 aliphatic heterocycles. The monoisotopic (exact) mass is 442 g/mol. The summed E-state index contributed by atoms with van der Waals surface area (Å²) in [6.07, 6.45) is 5.87. The van der Waals surface area contributed by atoms with Crippen LogP contribution in [0.15, 0.2) is 12.4 Å². The van der Waals surface area contributed by atoms with E-state index in [2.05, 4.69) is 10.1 Å². The summed E-state index contributed by atoms with van der Waals surface area (Å²) in [6, 6.07) is 0. The van der Waals surface area contributed by atoms with Crippen LogP contribution in [0.3, 0.4) is 0 Å². The highest BCUT2D eigenvalue weighted by Gasteiger charge is 2.37. The topological polar surface area (TPSA) is 78.6 Å². The van der Waals surface area contributed by atoms with Gasteiger partial charge in [-0.25, -0.2) is 28.7 Å². The Kier molecular flexibility index (Phi) is 5.39. The van der Waals surface area contributed by atoms with Gasteiger partial charge in [-0.05, 0) is 39.5 Å². The minimum atomic E-state index is -2.59.